The molecule has 5 rings (SSSR count). The van der Waals surface area contributed by atoms with Crippen molar-refractivity contribution in [2.75, 3.05) is 25.0 Å². The molecule has 0 unspecified atom stereocenters. The van der Waals surface area contributed by atoms with Gasteiger partial charge in [0.1, 0.15) is 18.0 Å². The van der Waals surface area contributed by atoms with Crippen LogP contribution in [0.25, 0.3) is 11.1 Å². The smallest absolute Gasteiger partial charge is 0.412 e. The average molecular weight is 460 g/mol. The highest BCUT2D eigenvalue weighted by atomic mass is 16.5. The van der Waals surface area contributed by atoms with Gasteiger partial charge in [0.2, 0.25) is 0 Å². The molecule has 2 N–H and O–H groups in total. The quantitative estimate of drug-likeness (QED) is 0.583. The number of fused-ring (bicyclic) bond motifs is 3. The molecule has 2 aromatic carbocycles. The maximum Gasteiger partial charge on any atom is 0.412 e. The SMILES string of the molecule is Cn1ncc(C(=O)N2CC(CC(=O)O)C2)c1NC(=O)OCC1c2ccccc2-c2ccccc21. The number of aromatic nitrogens is 2. The van der Waals surface area contributed by atoms with E-state index in [2.05, 4.69) is 22.5 Å². The van der Waals surface area contributed by atoms with Crippen molar-refractivity contribution in [1.29, 1.82) is 0 Å². The van der Waals surface area contributed by atoms with Crippen molar-refractivity contribution in [3.63, 3.8) is 0 Å². The Morgan fingerprint density at radius 2 is 1.68 bits per heavy atom. The molecule has 174 valence electrons. The normalized spacial score (nSPS) is 14.8. The van der Waals surface area contributed by atoms with Crippen molar-refractivity contribution in [3.8, 4) is 11.1 Å². The van der Waals surface area contributed by atoms with Crippen LogP contribution in [0.5, 0.6) is 0 Å². The fourth-order valence-corrected chi connectivity index (χ4v) is 4.76. The first-order valence-electron chi connectivity index (χ1n) is 11.1. The van der Waals surface area contributed by atoms with E-state index in [1.807, 2.05) is 36.4 Å². The van der Waals surface area contributed by atoms with Crippen LogP contribution in [-0.2, 0) is 16.6 Å². The van der Waals surface area contributed by atoms with Gasteiger partial charge >= 0.3 is 12.1 Å². The Balaban J connectivity index is 1.25. The third-order valence-corrected chi connectivity index (χ3v) is 6.44. The minimum atomic E-state index is -0.879. The predicted octanol–water partition coefficient (Wildman–Crippen LogP) is 3.33. The van der Waals surface area contributed by atoms with E-state index in [0.717, 1.165) is 22.3 Å². The standard InChI is InChI=1S/C25H24N4O5/c1-28-23(20(11-26-28)24(32)29-12-15(13-29)10-22(30)31)27-25(33)34-14-21-18-8-4-2-6-16(18)17-7-3-5-9-19(17)21/h2-9,11,15,21H,10,12-14H2,1H3,(H,27,33)(H,30,31). The number of carboxylic acid groups (broad SMARTS) is 1. The number of hydrogen-bond acceptors (Lipinski definition) is 5. The van der Waals surface area contributed by atoms with Crippen molar-refractivity contribution in [2.45, 2.75) is 12.3 Å². The zero-order chi connectivity index (χ0) is 23.8. The van der Waals surface area contributed by atoms with Gasteiger partial charge in [-0.15, -0.1) is 0 Å². The number of nitrogens with zero attached hydrogens (tertiary/aromatic N) is 3. The maximum atomic E-state index is 12.8. The van der Waals surface area contributed by atoms with E-state index in [1.165, 1.54) is 10.9 Å². The van der Waals surface area contributed by atoms with Gasteiger partial charge in [-0.2, -0.15) is 5.10 Å². The highest BCUT2D eigenvalue weighted by Crippen LogP contribution is 2.44. The zero-order valence-electron chi connectivity index (χ0n) is 18.6. The summed E-state index contributed by atoms with van der Waals surface area (Å²) in [5, 5.41) is 15.7. The van der Waals surface area contributed by atoms with Crippen LogP contribution in [0.1, 0.15) is 33.8 Å². The molecule has 1 aliphatic carbocycles. The van der Waals surface area contributed by atoms with Crippen molar-refractivity contribution >= 4 is 23.8 Å². The molecule has 0 saturated carbocycles. The fourth-order valence-electron chi connectivity index (χ4n) is 4.76. The molecule has 0 bridgehead atoms. The largest absolute Gasteiger partial charge is 0.481 e. The van der Waals surface area contributed by atoms with Crippen molar-refractivity contribution in [2.24, 2.45) is 13.0 Å². The molecule has 9 nitrogen and oxygen atoms in total. The molecule has 1 aliphatic heterocycles. The molecule has 0 spiro atoms. The first-order chi connectivity index (χ1) is 16.4. The number of nitrogens with one attached hydrogen (secondary N) is 1. The van der Waals surface area contributed by atoms with E-state index >= 15 is 0 Å². The number of aryl methyl sites for hydroxylation is 1. The summed E-state index contributed by atoms with van der Waals surface area (Å²) in [5.74, 6) is -1.07. The topological polar surface area (TPSA) is 114 Å². The minimum Gasteiger partial charge on any atom is -0.481 e. The van der Waals surface area contributed by atoms with Crippen LogP contribution < -0.4 is 5.32 Å². The lowest BCUT2D eigenvalue weighted by Crippen LogP contribution is -2.50. The molecule has 1 aromatic heterocycles. The van der Waals surface area contributed by atoms with E-state index in [0.29, 0.717) is 13.1 Å². The number of anilines is 1. The van der Waals surface area contributed by atoms with Crippen LogP contribution in [0.3, 0.4) is 0 Å². The lowest BCUT2D eigenvalue weighted by atomic mass is 9.96. The molecule has 34 heavy (non-hydrogen) atoms. The number of rotatable bonds is 6. The Morgan fingerprint density at radius 1 is 1.06 bits per heavy atom. The second-order valence-electron chi connectivity index (χ2n) is 8.66. The van der Waals surface area contributed by atoms with Gasteiger partial charge in [-0.3, -0.25) is 19.6 Å². The molecule has 9 heteroatoms. The second-order valence-corrected chi connectivity index (χ2v) is 8.66. The van der Waals surface area contributed by atoms with Gasteiger partial charge in [-0.25, -0.2) is 4.79 Å². The number of benzene rings is 2. The predicted molar refractivity (Wildman–Crippen MR) is 124 cm³/mol. The lowest BCUT2D eigenvalue weighted by molar-refractivity contribution is -0.139. The summed E-state index contributed by atoms with van der Waals surface area (Å²) in [7, 11) is 1.62. The lowest BCUT2D eigenvalue weighted by Gasteiger charge is -2.38. The Bertz CT molecular complexity index is 1230. The maximum absolute atomic E-state index is 12.8. The summed E-state index contributed by atoms with van der Waals surface area (Å²) in [5.41, 5.74) is 4.75. The van der Waals surface area contributed by atoms with Crippen molar-refractivity contribution in [1.82, 2.24) is 14.7 Å². The summed E-state index contributed by atoms with van der Waals surface area (Å²) < 4.78 is 6.99. The van der Waals surface area contributed by atoms with Crippen molar-refractivity contribution < 1.29 is 24.2 Å². The van der Waals surface area contributed by atoms with Crippen LogP contribution in [-0.4, -0.2) is 57.5 Å². The Labute approximate surface area is 195 Å². The number of carboxylic acids is 1. The highest BCUT2D eigenvalue weighted by molar-refractivity contribution is 6.02. The third-order valence-electron chi connectivity index (χ3n) is 6.44. The van der Waals surface area contributed by atoms with E-state index in [1.54, 1.807) is 11.9 Å². The van der Waals surface area contributed by atoms with Crippen molar-refractivity contribution in [3.05, 3.63) is 71.4 Å². The van der Waals surface area contributed by atoms with E-state index < -0.39 is 12.1 Å². The molecule has 3 aromatic rings. The Kier molecular flexibility index (Phi) is 5.53. The third kappa shape index (κ3) is 3.89. The zero-order valence-corrected chi connectivity index (χ0v) is 18.6. The summed E-state index contributed by atoms with van der Waals surface area (Å²) in [6, 6.07) is 16.2. The summed E-state index contributed by atoms with van der Waals surface area (Å²) in [6.07, 6.45) is 0.750. The molecule has 1 fully saturated rings. The van der Waals surface area contributed by atoms with Crippen LogP contribution in [0.2, 0.25) is 0 Å². The number of hydrogen-bond donors (Lipinski definition) is 2. The molecule has 2 amide bonds. The molecule has 2 heterocycles. The van der Waals surface area contributed by atoms with Crippen LogP contribution in [0.15, 0.2) is 54.7 Å². The number of carbonyl (C=O) groups is 3. The van der Waals surface area contributed by atoms with E-state index in [4.69, 9.17) is 9.84 Å². The van der Waals surface area contributed by atoms with E-state index in [-0.39, 0.29) is 42.2 Å². The number of amides is 2. The first kappa shape index (κ1) is 21.7. The van der Waals surface area contributed by atoms with Crippen LogP contribution in [0.4, 0.5) is 10.6 Å². The summed E-state index contributed by atoms with van der Waals surface area (Å²) in [4.78, 5) is 37.9. The Morgan fingerprint density at radius 3 is 2.29 bits per heavy atom. The highest BCUT2D eigenvalue weighted by Gasteiger charge is 2.35. The number of likely N-dealkylation sites (tertiary alicyclic amines) is 1. The molecular formula is C25H24N4O5. The number of carbonyl (C=O) groups excluding carboxylic acids is 2. The van der Waals surface area contributed by atoms with Gasteiger partial charge < -0.3 is 14.7 Å². The summed E-state index contributed by atoms with van der Waals surface area (Å²) >= 11 is 0. The van der Waals surface area contributed by atoms with Gasteiger partial charge in [0.05, 0.1) is 12.6 Å². The molecule has 0 atom stereocenters. The molecule has 2 aliphatic rings. The van der Waals surface area contributed by atoms with Gasteiger partial charge in [0.25, 0.3) is 5.91 Å². The minimum absolute atomic E-state index is 0.0294. The van der Waals surface area contributed by atoms with Gasteiger partial charge in [-0.05, 0) is 22.3 Å². The van der Waals surface area contributed by atoms with Crippen LogP contribution >= 0.6 is 0 Å². The Hall–Kier alpha value is -4.14. The van der Waals surface area contributed by atoms with Gasteiger partial charge in [0, 0.05) is 32.0 Å². The number of aliphatic carboxylic acids is 1. The van der Waals surface area contributed by atoms with Crippen LogP contribution in [0, 0.1) is 5.92 Å². The number of ether oxygens (including phenoxy) is 1. The summed E-state index contributed by atoms with van der Waals surface area (Å²) in [6.45, 7) is 0.888. The molecule has 0 radical (unpaired) electrons. The van der Waals surface area contributed by atoms with E-state index in [9.17, 15) is 14.4 Å². The van der Waals surface area contributed by atoms with Gasteiger partial charge in [-0.1, -0.05) is 48.5 Å². The molecule has 1 saturated heterocycles. The van der Waals surface area contributed by atoms with Gasteiger partial charge in [0.15, 0.2) is 0 Å². The second kappa shape index (κ2) is 8.66. The first-order valence-corrected chi connectivity index (χ1v) is 11.1. The fraction of sp³-hybridized carbons (Fsp3) is 0.280. The molecular weight excluding hydrogens is 436 g/mol. The average Bonchev–Trinajstić information content (AvgIpc) is 3.32. The monoisotopic (exact) mass is 460 g/mol.